The fourth-order valence-corrected chi connectivity index (χ4v) is 1.83. The molecule has 0 spiro atoms. The van der Waals surface area contributed by atoms with Gasteiger partial charge in [0.2, 0.25) is 0 Å². The molecule has 2 N–H and O–H groups in total. The molecule has 1 atom stereocenters. The molecular formula is C15H22F3N. The minimum atomic E-state index is -4.30. The molecule has 0 heterocycles. The summed E-state index contributed by atoms with van der Waals surface area (Å²) in [6.07, 6.45) is -3.04. The highest BCUT2D eigenvalue weighted by Crippen LogP contribution is 2.34. The van der Waals surface area contributed by atoms with Crippen molar-refractivity contribution in [1.29, 1.82) is 0 Å². The summed E-state index contributed by atoms with van der Waals surface area (Å²) in [4.78, 5) is 0. The molecule has 0 aliphatic carbocycles. The van der Waals surface area contributed by atoms with Gasteiger partial charge in [-0.3, -0.25) is 0 Å². The van der Waals surface area contributed by atoms with Gasteiger partial charge in [0.25, 0.3) is 0 Å². The lowest BCUT2D eigenvalue weighted by Gasteiger charge is -2.22. The molecule has 1 aromatic carbocycles. The van der Waals surface area contributed by atoms with Gasteiger partial charge in [-0.15, -0.1) is 0 Å². The van der Waals surface area contributed by atoms with Crippen LogP contribution in [0.15, 0.2) is 18.2 Å². The zero-order valence-corrected chi connectivity index (χ0v) is 11.9. The molecule has 0 aliphatic heterocycles. The van der Waals surface area contributed by atoms with Crippen molar-refractivity contribution < 1.29 is 13.2 Å². The van der Waals surface area contributed by atoms with Crippen molar-refractivity contribution in [2.45, 2.75) is 58.2 Å². The Balaban J connectivity index is 3.17. The lowest BCUT2D eigenvalue weighted by molar-refractivity contribution is -0.137. The second-order valence-corrected chi connectivity index (χ2v) is 6.18. The number of hydrogen-bond donors (Lipinski definition) is 1. The van der Waals surface area contributed by atoms with E-state index in [1.807, 2.05) is 33.8 Å². The van der Waals surface area contributed by atoms with Crippen LogP contribution in [0.3, 0.4) is 0 Å². The Morgan fingerprint density at radius 1 is 1.05 bits per heavy atom. The largest absolute Gasteiger partial charge is 0.416 e. The zero-order chi connectivity index (χ0) is 14.8. The second-order valence-electron chi connectivity index (χ2n) is 6.18. The van der Waals surface area contributed by atoms with E-state index in [2.05, 4.69) is 0 Å². The lowest BCUT2D eigenvalue weighted by Crippen LogP contribution is -2.17. The van der Waals surface area contributed by atoms with Crippen LogP contribution in [0.25, 0.3) is 0 Å². The average molecular weight is 273 g/mol. The minimum Gasteiger partial charge on any atom is -0.328 e. The second kappa shape index (κ2) is 5.53. The maximum atomic E-state index is 12.9. The van der Waals surface area contributed by atoms with E-state index in [1.54, 1.807) is 0 Å². The van der Waals surface area contributed by atoms with Crippen molar-refractivity contribution in [3.63, 3.8) is 0 Å². The fourth-order valence-electron chi connectivity index (χ4n) is 1.83. The van der Waals surface area contributed by atoms with E-state index in [4.69, 9.17) is 5.73 Å². The predicted molar refractivity (Wildman–Crippen MR) is 72.1 cm³/mol. The first-order valence-corrected chi connectivity index (χ1v) is 6.47. The molecule has 108 valence electrons. The molecule has 0 saturated heterocycles. The van der Waals surface area contributed by atoms with E-state index >= 15 is 0 Å². The maximum absolute atomic E-state index is 12.9. The summed E-state index contributed by atoms with van der Waals surface area (Å²) in [7, 11) is 0. The smallest absolute Gasteiger partial charge is 0.328 e. The third kappa shape index (κ3) is 4.86. The third-order valence-electron chi connectivity index (χ3n) is 3.07. The van der Waals surface area contributed by atoms with E-state index < -0.39 is 11.7 Å². The predicted octanol–water partition coefficient (Wildman–Crippen LogP) is 4.28. The van der Waals surface area contributed by atoms with Gasteiger partial charge in [-0.05, 0) is 48.4 Å². The summed E-state index contributed by atoms with van der Waals surface area (Å²) < 4.78 is 38.7. The quantitative estimate of drug-likeness (QED) is 0.873. The van der Waals surface area contributed by atoms with Gasteiger partial charge in [0.05, 0.1) is 5.56 Å². The first-order valence-electron chi connectivity index (χ1n) is 6.47. The molecule has 0 saturated carbocycles. The highest BCUT2D eigenvalue weighted by molar-refractivity contribution is 5.35. The number of halogens is 3. The summed E-state index contributed by atoms with van der Waals surface area (Å²) in [5.74, 6) is 0. The van der Waals surface area contributed by atoms with Crippen LogP contribution in [0, 0.1) is 0 Å². The maximum Gasteiger partial charge on any atom is 0.416 e. The first kappa shape index (κ1) is 16.0. The van der Waals surface area contributed by atoms with Crippen LogP contribution in [0.5, 0.6) is 0 Å². The van der Waals surface area contributed by atoms with Gasteiger partial charge in [-0.2, -0.15) is 13.2 Å². The van der Waals surface area contributed by atoms with E-state index in [-0.39, 0.29) is 11.5 Å². The third-order valence-corrected chi connectivity index (χ3v) is 3.07. The summed E-state index contributed by atoms with van der Waals surface area (Å²) >= 11 is 0. The molecule has 1 rings (SSSR count). The van der Waals surface area contributed by atoms with Crippen LogP contribution < -0.4 is 5.73 Å². The van der Waals surface area contributed by atoms with Crippen LogP contribution in [-0.2, 0) is 18.0 Å². The standard InChI is InChI=1S/C15H22F3N/c1-10(19)5-6-11-7-12(14(2,3)4)9-13(8-11)15(16,17)18/h7-10H,5-6,19H2,1-4H3. The van der Waals surface area contributed by atoms with E-state index in [9.17, 15) is 13.2 Å². The number of nitrogens with two attached hydrogens (primary N) is 1. The van der Waals surface area contributed by atoms with Crippen LogP contribution >= 0.6 is 0 Å². The number of aryl methyl sites for hydroxylation is 1. The van der Waals surface area contributed by atoms with Crippen molar-refractivity contribution in [2.24, 2.45) is 5.73 Å². The van der Waals surface area contributed by atoms with E-state index in [0.29, 0.717) is 24.0 Å². The Labute approximate surface area is 113 Å². The summed E-state index contributed by atoms with van der Waals surface area (Å²) in [6, 6.07) is 4.33. The first-order chi connectivity index (χ1) is 8.50. The monoisotopic (exact) mass is 273 g/mol. The zero-order valence-electron chi connectivity index (χ0n) is 11.9. The average Bonchev–Trinajstić information content (AvgIpc) is 2.23. The normalized spacial score (nSPS) is 14.5. The Hall–Kier alpha value is -1.03. The minimum absolute atomic E-state index is 0.00682. The van der Waals surface area contributed by atoms with Crippen molar-refractivity contribution in [1.82, 2.24) is 0 Å². The van der Waals surface area contributed by atoms with E-state index in [1.165, 1.54) is 12.1 Å². The van der Waals surface area contributed by atoms with Gasteiger partial charge in [-0.25, -0.2) is 0 Å². The summed E-state index contributed by atoms with van der Waals surface area (Å²) in [6.45, 7) is 7.60. The highest BCUT2D eigenvalue weighted by Gasteiger charge is 2.32. The highest BCUT2D eigenvalue weighted by atomic mass is 19.4. The molecule has 1 unspecified atom stereocenters. The lowest BCUT2D eigenvalue weighted by atomic mass is 9.84. The molecular weight excluding hydrogens is 251 g/mol. The fraction of sp³-hybridized carbons (Fsp3) is 0.600. The van der Waals surface area contributed by atoms with Crippen LogP contribution in [0.4, 0.5) is 13.2 Å². The Morgan fingerprint density at radius 2 is 1.58 bits per heavy atom. The Bertz CT molecular complexity index is 396. The van der Waals surface area contributed by atoms with Crippen molar-refractivity contribution in [3.05, 3.63) is 34.9 Å². The van der Waals surface area contributed by atoms with Gasteiger partial charge < -0.3 is 5.73 Å². The molecule has 19 heavy (non-hydrogen) atoms. The van der Waals surface area contributed by atoms with Crippen LogP contribution in [-0.4, -0.2) is 6.04 Å². The number of hydrogen-bond acceptors (Lipinski definition) is 1. The molecule has 1 aromatic rings. The van der Waals surface area contributed by atoms with Crippen LogP contribution in [0.2, 0.25) is 0 Å². The molecule has 0 aromatic heterocycles. The van der Waals surface area contributed by atoms with Gasteiger partial charge in [0.15, 0.2) is 0 Å². The molecule has 0 radical (unpaired) electrons. The topological polar surface area (TPSA) is 26.0 Å². The number of rotatable bonds is 3. The van der Waals surface area contributed by atoms with Gasteiger partial charge in [0, 0.05) is 6.04 Å². The molecule has 0 aliphatic rings. The van der Waals surface area contributed by atoms with Gasteiger partial charge in [-0.1, -0.05) is 26.8 Å². The molecule has 1 nitrogen and oxygen atoms in total. The van der Waals surface area contributed by atoms with Crippen molar-refractivity contribution in [2.75, 3.05) is 0 Å². The number of alkyl halides is 3. The SMILES string of the molecule is CC(N)CCc1cc(C(C)(C)C)cc(C(F)(F)F)c1. The van der Waals surface area contributed by atoms with Crippen molar-refractivity contribution >= 4 is 0 Å². The van der Waals surface area contributed by atoms with Gasteiger partial charge >= 0.3 is 6.18 Å². The molecule has 4 heteroatoms. The molecule has 0 bridgehead atoms. The van der Waals surface area contributed by atoms with Crippen LogP contribution in [0.1, 0.15) is 50.8 Å². The number of benzene rings is 1. The Morgan fingerprint density at radius 3 is 2.00 bits per heavy atom. The molecule has 0 amide bonds. The van der Waals surface area contributed by atoms with Crippen molar-refractivity contribution in [3.8, 4) is 0 Å². The Kier molecular flexibility index (Phi) is 4.67. The van der Waals surface area contributed by atoms with Gasteiger partial charge in [0.1, 0.15) is 0 Å². The van der Waals surface area contributed by atoms with E-state index in [0.717, 1.165) is 0 Å². The summed E-state index contributed by atoms with van der Waals surface area (Å²) in [5.41, 5.74) is 6.21. The summed E-state index contributed by atoms with van der Waals surface area (Å²) in [5, 5.41) is 0. The molecule has 0 fully saturated rings.